The number of carboxylic acid groups (broad SMARTS) is 1. The van der Waals surface area contributed by atoms with Crippen LogP contribution in [0.15, 0.2) is 16.9 Å². The second kappa shape index (κ2) is 3.40. The first-order valence-corrected chi connectivity index (χ1v) is 3.56. The number of rotatable bonds is 2. The van der Waals surface area contributed by atoms with Crippen molar-refractivity contribution >= 4 is 17.6 Å². The smallest absolute Gasteiger partial charge is 0.307 e. The van der Waals surface area contributed by atoms with E-state index in [4.69, 9.17) is 16.7 Å². The average molecular weight is 188 g/mol. The number of aromatic nitrogens is 1. The van der Waals surface area contributed by atoms with Crippen LogP contribution in [0.3, 0.4) is 0 Å². The lowest BCUT2D eigenvalue weighted by Crippen LogP contribution is -2.08. The molecule has 0 spiro atoms. The van der Waals surface area contributed by atoms with E-state index in [9.17, 15) is 9.59 Å². The van der Waals surface area contributed by atoms with Gasteiger partial charge in [-0.3, -0.25) is 9.59 Å². The molecule has 2 N–H and O–H groups in total. The van der Waals surface area contributed by atoms with Crippen LogP contribution in [0.2, 0.25) is 5.15 Å². The summed E-state index contributed by atoms with van der Waals surface area (Å²) < 4.78 is 0. The fourth-order valence-electron chi connectivity index (χ4n) is 0.839. The van der Waals surface area contributed by atoms with Gasteiger partial charge in [-0.2, -0.15) is 0 Å². The highest BCUT2D eigenvalue weighted by Crippen LogP contribution is 2.04. The third-order valence-corrected chi connectivity index (χ3v) is 1.43. The van der Waals surface area contributed by atoms with Crippen LogP contribution < -0.4 is 5.56 Å². The van der Waals surface area contributed by atoms with E-state index in [1.807, 2.05) is 0 Å². The summed E-state index contributed by atoms with van der Waals surface area (Å²) in [7, 11) is 0. The van der Waals surface area contributed by atoms with E-state index < -0.39 is 11.5 Å². The Balaban J connectivity index is 3.01. The molecule has 64 valence electrons. The van der Waals surface area contributed by atoms with Gasteiger partial charge in [0.15, 0.2) is 0 Å². The first-order valence-electron chi connectivity index (χ1n) is 3.18. The zero-order valence-electron chi connectivity index (χ0n) is 6.00. The zero-order valence-corrected chi connectivity index (χ0v) is 6.76. The molecule has 0 aliphatic rings. The SMILES string of the molecule is O=C(O)Cc1cc(Cl)[nH]c(=O)c1. The standard InChI is InChI=1S/C7H6ClNO3/c8-5-1-4(3-7(11)12)2-6(10)9-5/h1-2H,3H2,(H,9,10)(H,11,12). The maximum absolute atomic E-state index is 10.8. The maximum Gasteiger partial charge on any atom is 0.307 e. The summed E-state index contributed by atoms with van der Waals surface area (Å²) in [4.78, 5) is 23.3. The van der Waals surface area contributed by atoms with Crippen molar-refractivity contribution < 1.29 is 9.90 Å². The highest BCUT2D eigenvalue weighted by atomic mass is 35.5. The summed E-state index contributed by atoms with van der Waals surface area (Å²) in [5, 5.41) is 8.54. The summed E-state index contributed by atoms with van der Waals surface area (Å²) in [5.74, 6) is -0.989. The van der Waals surface area contributed by atoms with E-state index in [2.05, 4.69) is 4.98 Å². The monoisotopic (exact) mass is 187 g/mol. The fourth-order valence-corrected chi connectivity index (χ4v) is 1.07. The Bertz CT molecular complexity index is 358. The Morgan fingerprint density at radius 3 is 2.75 bits per heavy atom. The fraction of sp³-hybridized carbons (Fsp3) is 0.143. The van der Waals surface area contributed by atoms with Gasteiger partial charge in [-0.05, 0) is 11.6 Å². The Hall–Kier alpha value is -1.29. The normalized spacial score (nSPS) is 9.75. The minimum absolute atomic E-state index is 0.152. The molecule has 0 aliphatic carbocycles. The molecule has 0 aromatic carbocycles. The third kappa shape index (κ3) is 2.39. The van der Waals surface area contributed by atoms with Crippen molar-refractivity contribution in [2.24, 2.45) is 0 Å². The Morgan fingerprint density at radius 1 is 1.58 bits per heavy atom. The Kier molecular flexibility index (Phi) is 2.50. The molecule has 0 saturated carbocycles. The van der Waals surface area contributed by atoms with Crippen molar-refractivity contribution in [2.75, 3.05) is 0 Å². The number of halogens is 1. The van der Waals surface area contributed by atoms with Crippen LogP contribution in [0.5, 0.6) is 0 Å². The molecule has 0 aliphatic heterocycles. The van der Waals surface area contributed by atoms with Crippen LogP contribution >= 0.6 is 11.6 Å². The van der Waals surface area contributed by atoms with Crippen molar-refractivity contribution in [2.45, 2.75) is 6.42 Å². The second-order valence-corrected chi connectivity index (χ2v) is 2.68. The second-order valence-electron chi connectivity index (χ2n) is 2.27. The molecular weight excluding hydrogens is 182 g/mol. The molecule has 1 rings (SSSR count). The number of H-pyrrole nitrogens is 1. The van der Waals surface area contributed by atoms with E-state index in [0.29, 0.717) is 5.56 Å². The predicted octanol–water partition coefficient (Wildman–Crippen LogP) is 0.655. The first-order chi connectivity index (χ1) is 5.58. The Morgan fingerprint density at radius 2 is 2.25 bits per heavy atom. The number of hydrogen-bond donors (Lipinski definition) is 2. The summed E-state index contributed by atoms with van der Waals surface area (Å²) >= 11 is 5.49. The van der Waals surface area contributed by atoms with Gasteiger partial charge in [-0.15, -0.1) is 0 Å². The van der Waals surface area contributed by atoms with Gasteiger partial charge in [0, 0.05) is 6.07 Å². The van der Waals surface area contributed by atoms with Crippen LogP contribution in [-0.2, 0) is 11.2 Å². The minimum Gasteiger partial charge on any atom is -0.481 e. The molecule has 12 heavy (non-hydrogen) atoms. The summed E-state index contributed by atoms with van der Waals surface area (Å²) in [6, 6.07) is 2.62. The number of aromatic amines is 1. The average Bonchev–Trinajstić information content (AvgIpc) is 1.81. The van der Waals surface area contributed by atoms with Crippen LogP contribution in [0.1, 0.15) is 5.56 Å². The third-order valence-electron chi connectivity index (χ3n) is 1.23. The summed E-state index contributed by atoms with van der Waals surface area (Å²) in [5.41, 5.74) is 0.00926. The molecule has 0 saturated heterocycles. The number of nitrogens with one attached hydrogen (secondary N) is 1. The van der Waals surface area contributed by atoms with Gasteiger partial charge in [0.25, 0.3) is 0 Å². The molecule has 1 aromatic rings. The molecule has 4 nitrogen and oxygen atoms in total. The minimum atomic E-state index is -0.989. The van der Waals surface area contributed by atoms with E-state index in [1.165, 1.54) is 12.1 Å². The molecule has 0 atom stereocenters. The van der Waals surface area contributed by atoms with E-state index in [1.54, 1.807) is 0 Å². The van der Waals surface area contributed by atoms with Crippen LogP contribution in [0.4, 0.5) is 0 Å². The number of carboxylic acids is 1. The summed E-state index contributed by atoms with van der Waals surface area (Å²) in [6.45, 7) is 0. The van der Waals surface area contributed by atoms with Crippen LogP contribution in [-0.4, -0.2) is 16.1 Å². The van der Waals surface area contributed by atoms with Crippen molar-refractivity contribution in [3.8, 4) is 0 Å². The topological polar surface area (TPSA) is 70.2 Å². The molecule has 1 heterocycles. The number of carbonyl (C=O) groups is 1. The van der Waals surface area contributed by atoms with Gasteiger partial charge in [0.05, 0.1) is 6.42 Å². The van der Waals surface area contributed by atoms with E-state index in [-0.39, 0.29) is 11.6 Å². The van der Waals surface area contributed by atoms with Crippen molar-refractivity contribution in [3.05, 3.63) is 33.2 Å². The van der Waals surface area contributed by atoms with Gasteiger partial charge in [0.1, 0.15) is 5.15 Å². The van der Waals surface area contributed by atoms with Gasteiger partial charge in [-0.1, -0.05) is 11.6 Å². The molecule has 0 amide bonds. The van der Waals surface area contributed by atoms with Gasteiger partial charge >= 0.3 is 5.97 Å². The van der Waals surface area contributed by atoms with Gasteiger partial charge < -0.3 is 10.1 Å². The molecule has 0 fully saturated rings. The first kappa shape index (κ1) is 8.80. The molecule has 1 aromatic heterocycles. The molecule has 0 unspecified atom stereocenters. The van der Waals surface area contributed by atoms with E-state index >= 15 is 0 Å². The highest BCUT2D eigenvalue weighted by Gasteiger charge is 2.01. The number of hydrogen-bond acceptors (Lipinski definition) is 2. The largest absolute Gasteiger partial charge is 0.481 e. The Labute approximate surface area is 72.8 Å². The highest BCUT2D eigenvalue weighted by molar-refractivity contribution is 6.29. The van der Waals surface area contributed by atoms with Gasteiger partial charge in [-0.25, -0.2) is 0 Å². The molecule has 0 bridgehead atoms. The van der Waals surface area contributed by atoms with Gasteiger partial charge in [0.2, 0.25) is 5.56 Å². The van der Waals surface area contributed by atoms with Crippen molar-refractivity contribution in [3.63, 3.8) is 0 Å². The van der Waals surface area contributed by atoms with Crippen molar-refractivity contribution in [1.29, 1.82) is 0 Å². The van der Waals surface area contributed by atoms with Crippen molar-refractivity contribution in [1.82, 2.24) is 4.98 Å². The van der Waals surface area contributed by atoms with Crippen LogP contribution in [0.25, 0.3) is 0 Å². The predicted molar refractivity (Wildman–Crippen MR) is 43.4 cm³/mol. The van der Waals surface area contributed by atoms with Crippen LogP contribution in [0, 0.1) is 0 Å². The lowest BCUT2D eigenvalue weighted by molar-refractivity contribution is -0.136. The molecule has 0 radical (unpaired) electrons. The lowest BCUT2D eigenvalue weighted by Gasteiger charge is -1.95. The summed E-state index contributed by atoms with van der Waals surface area (Å²) in [6.07, 6.45) is -0.191. The molecule has 5 heteroatoms. The maximum atomic E-state index is 10.8. The number of pyridine rings is 1. The molecular formula is C7H6ClNO3. The quantitative estimate of drug-likeness (QED) is 0.668. The lowest BCUT2D eigenvalue weighted by atomic mass is 10.2. The zero-order chi connectivity index (χ0) is 9.14. The number of aliphatic carboxylic acids is 1. The van der Waals surface area contributed by atoms with E-state index in [0.717, 1.165) is 0 Å².